The van der Waals surface area contributed by atoms with Crippen LogP contribution in [0.5, 0.6) is 0 Å². The lowest BCUT2D eigenvalue weighted by atomic mass is 10.1. The van der Waals surface area contributed by atoms with E-state index >= 15 is 0 Å². The number of nitrogens with two attached hydrogens (primary N) is 1. The molecule has 6 heteroatoms. The van der Waals surface area contributed by atoms with Gasteiger partial charge in [-0.2, -0.15) is 0 Å². The standard InChI is InChI=1S/C14H16BrN3O2/c15-9-3-4-10-11(5-9)18(14(20)13(10)16)7-12(19)17-6-8-1-2-8/h3-5,8,13H,1-2,6-7,16H2,(H,17,19). The van der Waals surface area contributed by atoms with Gasteiger partial charge in [0.05, 0.1) is 5.69 Å². The lowest BCUT2D eigenvalue weighted by Gasteiger charge is -2.17. The molecule has 1 atom stereocenters. The Morgan fingerprint density at radius 3 is 2.90 bits per heavy atom. The van der Waals surface area contributed by atoms with E-state index in [1.54, 1.807) is 0 Å². The van der Waals surface area contributed by atoms with Gasteiger partial charge in [0, 0.05) is 16.6 Å². The van der Waals surface area contributed by atoms with Crippen molar-refractivity contribution < 1.29 is 9.59 Å². The molecule has 3 N–H and O–H groups in total. The summed E-state index contributed by atoms with van der Waals surface area (Å²) in [6.45, 7) is 0.737. The SMILES string of the molecule is NC1C(=O)N(CC(=O)NCC2CC2)c2cc(Br)ccc21. The number of carbonyl (C=O) groups excluding carboxylic acids is 2. The third kappa shape index (κ3) is 2.58. The van der Waals surface area contributed by atoms with Gasteiger partial charge < -0.3 is 16.0 Å². The first-order chi connectivity index (χ1) is 9.56. The summed E-state index contributed by atoms with van der Waals surface area (Å²) in [5, 5.41) is 2.87. The van der Waals surface area contributed by atoms with Gasteiger partial charge in [-0.25, -0.2) is 0 Å². The first-order valence-electron chi connectivity index (χ1n) is 6.69. The van der Waals surface area contributed by atoms with Gasteiger partial charge in [0.25, 0.3) is 0 Å². The van der Waals surface area contributed by atoms with Crippen LogP contribution in [0.3, 0.4) is 0 Å². The number of carbonyl (C=O) groups is 2. The Hall–Kier alpha value is -1.40. The normalized spacial score (nSPS) is 21.0. The zero-order chi connectivity index (χ0) is 14.3. The molecule has 106 valence electrons. The van der Waals surface area contributed by atoms with Gasteiger partial charge in [-0.15, -0.1) is 0 Å². The predicted octanol–water partition coefficient (Wildman–Crippen LogP) is 1.32. The Morgan fingerprint density at radius 2 is 2.20 bits per heavy atom. The minimum absolute atomic E-state index is 0.0305. The minimum atomic E-state index is -0.672. The van der Waals surface area contributed by atoms with Crippen molar-refractivity contribution in [3.05, 3.63) is 28.2 Å². The molecule has 1 aromatic carbocycles. The van der Waals surface area contributed by atoms with Crippen molar-refractivity contribution in [1.82, 2.24) is 5.32 Å². The highest BCUT2D eigenvalue weighted by Crippen LogP contribution is 2.36. The number of nitrogens with one attached hydrogen (secondary N) is 1. The van der Waals surface area contributed by atoms with E-state index in [1.807, 2.05) is 18.2 Å². The number of fused-ring (bicyclic) bond motifs is 1. The van der Waals surface area contributed by atoms with Crippen LogP contribution < -0.4 is 16.0 Å². The van der Waals surface area contributed by atoms with Crippen molar-refractivity contribution in [2.24, 2.45) is 11.7 Å². The van der Waals surface area contributed by atoms with Crippen molar-refractivity contribution >= 4 is 33.4 Å². The third-order valence-corrected chi connectivity index (χ3v) is 4.23. The van der Waals surface area contributed by atoms with Gasteiger partial charge in [0.1, 0.15) is 12.6 Å². The van der Waals surface area contributed by atoms with E-state index in [-0.39, 0.29) is 18.4 Å². The van der Waals surface area contributed by atoms with Crippen LogP contribution in [-0.4, -0.2) is 24.9 Å². The van der Waals surface area contributed by atoms with Gasteiger partial charge in [-0.3, -0.25) is 9.59 Å². The monoisotopic (exact) mass is 337 g/mol. The van der Waals surface area contributed by atoms with E-state index in [1.165, 1.54) is 17.7 Å². The quantitative estimate of drug-likeness (QED) is 0.870. The van der Waals surface area contributed by atoms with Crippen molar-refractivity contribution in [2.45, 2.75) is 18.9 Å². The number of hydrogen-bond donors (Lipinski definition) is 2. The maximum atomic E-state index is 12.2. The van der Waals surface area contributed by atoms with Crippen LogP contribution in [-0.2, 0) is 9.59 Å². The second kappa shape index (κ2) is 5.18. The molecule has 1 aromatic rings. The van der Waals surface area contributed by atoms with Gasteiger partial charge in [-0.1, -0.05) is 22.0 Å². The fraction of sp³-hybridized carbons (Fsp3) is 0.429. The highest BCUT2D eigenvalue weighted by Gasteiger charge is 2.36. The molecule has 5 nitrogen and oxygen atoms in total. The van der Waals surface area contributed by atoms with E-state index in [0.29, 0.717) is 12.5 Å². The molecule has 1 aliphatic carbocycles. The fourth-order valence-corrected chi connectivity index (χ4v) is 2.72. The Kier molecular flexibility index (Phi) is 3.52. The smallest absolute Gasteiger partial charge is 0.249 e. The van der Waals surface area contributed by atoms with E-state index in [9.17, 15) is 9.59 Å². The van der Waals surface area contributed by atoms with Crippen molar-refractivity contribution in [3.63, 3.8) is 0 Å². The van der Waals surface area contributed by atoms with E-state index in [4.69, 9.17) is 5.73 Å². The summed E-state index contributed by atoms with van der Waals surface area (Å²) in [6, 6.07) is 4.83. The maximum Gasteiger partial charge on any atom is 0.249 e. The lowest BCUT2D eigenvalue weighted by molar-refractivity contribution is -0.124. The fourth-order valence-electron chi connectivity index (χ4n) is 2.38. The Labute approximate surface area is 125 Å². The molecule has 1 unspecified atom stereocenters. The molecule has 1 heterocycles. The van der Waals surface area contributed by atoms with Crippen LogP contribution in [0.25, 0.3) is 0 Å². The summed E-state index contributed by atoms with van der Waals surface area (Å²) in [6.07, 6.45) is 2.37. The maximum absolute atomic E-state index is 12.2. The molecule has 20 heavy (non-hydrogen) atoms. The molecule has 1 aliphatic heterocycles. The molecule has 2 amide bonds. The topological polar surface area (TPSA) is 75.4 Å². The third-order valence-electron chi connectivity index (χ3n) is 3.74. The highest BCUT2D eigenvalue weighted by atomic mass is 79.9. The van der Waals surface area contributed by atoms with Crippen molar-refractivity contribution in [2.75, 3.05) is 18.0 Å². The van der Waals surface area contributed by atoms with Crippen molar-refractivity contribution in [1.29, 1.82) is 0 Å². The summed E-state index contributed by atoms with van der Waals surface area (Å²) < 4.78 is 0.863. The number of hydrogen-bond acceptors (Lipinski definition) is 3. The molecule has 3 rings (SSSR count). The Morgan fingerprint density at radius 1 is 1.45 bits per heavy atom. The van der Waals surface area contributed by atoms with E-state index in [0.717, 1.165) is 15.7 Å². The lowest BCUT2D eigenvalue weighted by Crippen LogP contribution is -2.41. The predicted molar refractivity (Wildman–Crippen MR) is 79.2 cm³/mol. The molecular formula is C14H16BrN3O2. The van der Waals surface area contributed by atoms with Gasteiger partial charge in [0.15, 0.2) is 0 Å². The average Bonchev–Trinajstić information content (AvgIpc) is 3.21. The Bertz CT molecular complexity index is 572. The van der Waals surface area contributed by atoms with Gasteiger partial charge in [0.2, 0.25) is 11.8 Å². The molecule has 2 aliphatic rings. The molecule has 0 saturated heterocycles. The first kappa shape index (κ1) is 13.6. The van der Waals surface area contributed by atoms with Crippen LogP contribution >= 0.6 is 15.9 Å². The van der Waals surface area contributed by atoms with Crippen LogP contribution in [0, 0.1) is 5.92 Å². The van der Waals surface area contributed by atoms with Crippen LogP contribution in [0.2, 0.25) is 0 Å². The van der Waals surface area contributed by atoms with Crippen LogP contribution in [0.4, 0.5) is 5.69 Å². The first-order valence-corrected chi connectivity index (χ1v) is 7.48. The molecule has 1 fully saturated rings. The van der Waals surface area contributed by atoms with Crippen LogP contribution in [0.1, 0.15) is 24.4 Å². The summed E-state index contributed by atoms with van der Waals surface area (Å²) in [7, 11) is 0. The van der Waals surface area contributed by atoms with Gasteiger partial charge in [-0.05, 0) is 30.9 Å². The molecule has 0 bridgehead atoms. The molecular weight excluding hydrogens is 322 g/mol. The number of nitrogens with zero attached hydrogens (tertiary/aromatic N) is 1. The molecule has 0 aromatic heterocycles. The average molecular weight is 338 g/mol. The van der Waals surface area contributed by atoms with E-state index in [2.05, 4.69) is 21.2 Å². The van der Waals surface area contributed by atoms with Crippen LogP contribution in [0.15, 0.2) is 22.7 Å². The zero-order valence-corrected chi connectivity index (χ0v) is 12.5. The zero-order valence-electron chi connectivity index (χ0n) is 10.9. The largest absolute Gasteiger partial charge is 0.354 e. The second-order valence-corrected chi connectivity index (χ2v) is 6.27. The minimum Gasteiger partial charge on any atom is -0.354 e. The summed E-state index contributed by atoms with van der Waals surface area (Å²) in [4.78, 5) is 25.6. The number of halogens is 1. The summed E-state index contributed by atoms with van der Waals surface area (Å²) in [5.74, 6) is 0.266. The van der Waals surface area contributed by atoms with Crippen molar-refractivity contribution in [3.8, 4) is 0 Å². The van der Waals surface area contributed by atoms with Gasteiger partial charge >= 0.3 is 0 Å². The molecule has 1 saturated carbocycles. The number of amides is 2. The summed E-state index contributed by atoms with van der Waals surface area (Å²) >= 11 is 3.38. The Balaban J connectivity index is 1.74. The number of benzene rings is 1. The number of anilines is 1. The molecule has 0 spiro atoms. The van der Waals surface area contributed by atoms with E-state index < -0.39 is 6.04 Å². The second-order valence-electron chi connectivity index (χ2n) is 5.35. The molecule has 0 radical (unpaired) electrons. The highest BCUT2D eigenvalue weighted by molar-refractivity contribution is 9.10. The number of rotatable bonds is 4. The summed E-state index contributed by atoms with van der Waals surface area (Å²) in [5.41, 5.74) is 7.39.